The molecule has 0 aliphatic rings. The number of amides is 2. The van der Waals surface area contributed by atoms with Crippen LogP contribution in [0.1, 0.15) is 21.1 Å². The van der Waals surface area contributed by atoms with Crippen molar-refractivity contribution in [3.05, 3.63) is 82.4 Å². The molecule has 3 N–H and O–H groups in total. The molecule has 30 heavy (non-hydrogen) atoms. The Morgan fingerprint density at radius 2 is 1.80 bits per heavy atom. The number of carbonyl (C=O) groups is 2. The van der Waals surface area contributed by atoms with E-state index < -0.39 is 5.91 Å². The van der Waals surface area contributed by atoms with Crippen molar-refractivity contribution in [1.29, 1.82) is 0 Å². The van der Waals surface area contributed by atoms with E-state index in [9.17, 15) is 9.59 Å². The molecule has 0 aliphatic carbocycles. The average Bonchev–Trinajstić information content (AvgIpc) is 3.39. The molecule has 0 bridgehead atoms. The van der Waals surface area contributed by atoms with Gasteiger partial charge < -0.3 is 11.1 Å². The van der Waals surface area contributed by atoms with E-state index in [4.69, 9.17) is 5.73 Å². The van der Waals surface area contributed by atoms with Crippen molar-refractivity contribution in [1.82, 2.24) is 14.8 Å². The maximum absolute atomic E-state index is 12.4. The molecule has 0 atom stereocenters. The molecule has 0 spiro atoms. The van der Waals surface area contributed by atoms with Crippen LogP contribution in [0.3, 0.4) is 0 Å². The normalized spacial score (nSPS) is 10.7. The van der Waals surface area contributed by atoms with Crippen LogP contribution in [-0.4, -0.2) is 26.6 Å². The first-order valence-corrected chi connectivity index (χ1v) is 10.1. The number of aromatic nitrogens is 3. The average molecular weight is 417 g/mol. The highest BCUT2D eigenvalue weighted by Gasteiger charge is 2.08. The highest BCUT2D eigenvalue weighted by molar-refractivity contribution is 7.09. The van der Waals surface area contributed by atoms with Crippen molar-refractivity contribution >= 4 is 28.8 Å². The highest BCUT2D eigenvalue weighted by atomic mass is 32.1. The number of aryl methyl sites for hydroxylation is 1. The molecule has 2 aromatic carbocycles. The third kappa shape index (κ3) is 4.44. The zero-order chi connectivity index (χ0) is 21.1. The fourth-order valence-electron chi connectivity index (χ4n) is 2.98. The summed E-state index contributed by atoms with van der Waals surface area (Å²) in [6.07, 6.45) is 1.93. The molecule has 0 aliphatic heterocycles. The predicted octanol–water partition coefficient (Wildman–Crippen LogP) is 3.58. The summed E-state index contributed by atoms with van der Waals surface area (Å²) in [4.78, 5) is 28.0. The van der Waals surface area contributed by atoms with Gasteiger partial charge in [-0.2, -0.15) is 5.10 Å². The molecule has 7 nitrogen and oxygen atoms in total. The lowest BCUT2D eigenvalue weighted by molar-refractivity contribution is -0.115. The molecule has 0 fully saturated rings. The first-order chi connectivity index (χ1) is 14.5. The fraction of sp³-hybridized carbons (Fsp3) is 0.0909. The Kier molecular flexibility index (Phi) is 5.40. The molecule has 0 saturated carbocycles. The van der Waals surface area contributed by atoms with Gasteiger partial charge in [-0.05, 0) is 42.8 Å². The molecule has 2 aromatic heterocycles. The maximum atomic E-state index is 12.4. The summed E-state index contributed by atoms with van der Waals surface area (Å²) in [5, 5.41) is 10.1. The van der Waals surface area contributed by atoms with Crippen LogP contribution < -0.4 is 11.1 Å². The van der Waals surface area contributed by atoms with Gasteiger partial charge in [-0.3, -0.25) is 9.59 Å². The molecular formula is C22H19N5O2S. The Balaban J connectivity index is 1.37. The molecule has 0 unspecified atom stereocenters. The lowest BCUT2D eigenvalue weighted by Crippen LogP contribution is -2.14. The second-order valence-corrected chi connectivity index (χ2v) is 7.79. The number of nitrogens with two attached hydrogens (primary N) is 1. The van der Waals surface area contributed by atoms with Crippen LogP contribution in [0.4, 0.5) is 5.69 Å². The van der Waals surface area contributed by atoms with E-state index in [-0.39, 0.29) is 18.0 Å². The SMILES string of the molecule is Cc1nc(-c2ccc(CC(=O)Nc3ccc(-n4ccc(C(N)=O)n4)cc3)cc2)cs1. The number of nitrogens with one attached hydrogen (secondary N) is 1. The lowest BCUT2D eigenvalue weighted by atomic mass is 10.1. The van der Waals surface area contributed by atoms with Gasteiger partial charge in [-0.25, -0.2) is 9.67 Å². The smallest absolute Gasteiger partial charge is 0.269 e. The standard InChI is InChI=1S/C22H19N5O2S/c1-14-24-20(13-30-14)16-4-2-15(3-5-16)12-21(28)25-17-6-8-18(9-7-17)27-11-10-19(26-27)22(23)29/h2-11,13H,12H2,1H3,(H2,23,29)(H,25,28). The largest absolute Gasteiger partial charge is 0.364 e. The number of anilines is 1. The Labute approximate surface area is 177 Å². The molecule has 4 rings (SSSR count). The van der Waals surface area contributed by atoms with Gasteiger partial charge in [0, 0.05) is 22.8 Å². The third-order valence-electron chi connectivity index (χ3n) is 4.49. The van der Waals surface area contributed by atoms with Crippen molar-refractivity contribution in [3.8, 4) is 16.9 Å². The van der Waals surface area contributed by atoms with Crippen molar-refractivity contribution in [2.45, 2.75) is 13.3 Å². The van der Waals surface area contributed by atoms with Gasteiger partial charge in [0.25, 0.3) is 5.91 Å². The van der Waals surface area contributed by atoms with E-state index in [1.54, 1.807) is 52.5 Å². The monoisotopic (exact) mass is 417 g/mol. The van der Waals surface area contributed by atoms with Gasteiger partial charge in [-0.1, -0.05) is 24.3 Å². The van der Waals surface area contributed by atoms with Gasteiger partial charge in [-0.15, -0.1) is 11.3 Å². The van der Waals surface area contributed by atoms with E-state index >= 15 is 0 Å². The Morgan fingerprint density at radius 1 is 1.07 bits per heavy atom. The number of rotatable bonds is 6. The van der Waals surface area contributed by atoms with E-state index in [1.165, 1.54) is 0 Å². The van der Waals surface area contributed by atoms with Crippen molar-refractivity contribution in [3.63, 3.8) is 0 Å². The second-order valence-electron chi connectivity index (χ2n) is 6.73. The summed E-state index contributed by atoms with van der Waals surface area (Å²) in [5.41, 5.74) is 9.78. The first kappa shape index (κ1) is 19.5. The van der Waals surface area contributed by atoms with Gasteiger partial charge >= 0.3 is 0 Å². The fourth-order valence-corrected chi connectivity index (χ4v) is 3.60. The van der Waals surface area contributed by atoms with Gasteiger partial charge in [0.2, 0.25) is 5.91 Å². The summed E-state index contributed by atoms with van der Waals surface area (Å²) in [6.45, 7) is 1.98. The first-order valence-electron chi connectivity index (χ1n) is 9.25. The Bertz CT molecular complexity index is 1190. The van der Waals surface area contributed by atoms with Crippen molar-refractivity contribution in [2.24, 2.45) is 5.73 Å². The summed E-state index contributed by atoms with van der Waals surface area (Å²) in [6, 6.07) is 16.6. The molecule has 2 heterocycles. The molecule has 0 radical (unpaired) electrons. The molecule has 4 aromatic rings. The van der Waals surface area contributed by atoms with E-state index in [1.807, 2.05) is 36.6 Å². The van der Waals surface area contributed by atoms with Crippen molar-refractivity contribution in [2.75, 3.05) is 5.32 Å². The minimum atomic E-state index is -0.577. The maximum Gasteiger partial charge on any atom is 0.269 e. The van der Waals surface area contributed by atoms with Crippen molar-refractivity contribution < 1.29 is 9.59 Å². The number of nitrogens with zero attached hydrogens (tertiary/aromatic N) is 3. The zero-order valence-electron chi connectivity index (χ0n) is 16.2. The number of primary amides is 1. The minimum Gasteiger partial charge on any atom is -0.364 e. The van der Waals surface area contributed by atoms with Crippen LogP contribution in [0.2, 0.25) is 0 Å². The summed E-state index contributed by atoms with van der Waals surface area (Å²) in [7, 11) is 0. The number of hydrogen-bond donors (Lipinski definition) is 2. The Hall–Kier alpha value is -3.78. The van der Waals surface area contributed by atoms with Gasteiger partial charge in [0.05, 0.1) is 22.8 Å². The highest BCUT2D eigenvalue weighted by Crippen LogP contribution is 2.22. The quantitative estimate of drug-likeness (QED) is 0.500. The number of benzene rings is 2. The topological polar surface area (TPSA) is 103 Å². The van der Waals surface area contributed by atoms with Gasteiger partial charge in [0.15, 0.2) is 0 Å². The van der Waals surface area contributed by atoms with Crippen LogP contribution in [0, 0.1) is 6.92 Å². The van der Waals surface area contributed by atoms with E-state index in [2.05, 4.69) is 15.4 Å². The number of hydrogen-bond acceptors (Lipinski definition) is 5. The minimum absolute atomic E-state index is 0.102. The lowest BCUT2D eigenvalue weighted by Gasteiger charge is -2.07. The Morgan fingerprint density at radius 3 is 2.40 bits per heavy atom. The van der Waals surface area contributed by atoms with E-state index in [0.717, 1.165) is 27.5 Å². The van der Waals surface area contributed by atoms with Crippen LogP contribution in [-0.2, 0) is 11.2 Å². The van der Waals surface area contributed by atoms with Crippen LogP contribution in [0.15, 0.2) is 66.2 Å². The predicted molar refractivity (Wildman–Crippen MR) is 117 cm³/mol. The summed E-state index contributed by atoms with van der Waals surface area (Å²) < 4.78 is 1.55. The molecule has 8 heteroatoms. The number of thiazole rings is 1. The molecule has 0 saturated heterocycles. The van der Waals surface area contributed by atoms with Crippen LogP contribution >= 0.6 is 11.3 Å². The third-order valence-corrected chi connectivity index (χ3v) is 5.26. The number of carbonyl (C=O) groups excluding carboxylic acids is 2. The second kappa shape index (κ2) is 8.30. The zero-order valence-corrected chi connectivity index (χ0v) is 17.0. The van der Waals surface area contributed by atoms with Gasteiger partial charge in [0.1, 0.15) is 5.69 Å². The summed E-state index contributed by atoms with van der Waals surface area (Å²) >= 11 is 1.62. The molecule has 2 amide bonds. The van der Waals surface area contributed by atoms with Crippen LogP contribution in [0.25, 0.3) is 16.9 Å². The van der Waals surface area contributed by atoms with Crippen LogP contribution in [0.5, 0.6) is 0 Å². The summed E-state index contributed by atoms with van der Waals surface area (Å²) in [5.74, 6) is -0.678. The van der Waals surface area contributed by atoms with E-state index in [0.29, 0.717) is 5.69 Å². The molecular weight excluding hydrogens is 398 g/mol. The molecule has 150 valence electrons.